The third-order valence-electron chi connectivity index (χ3n) is 2.68. The molecule has 0 spiro atoms. The molecule has 3 N–H and O–H groups in total. The SMILES string of the molecule is CC(N)C(O)c1cccc(Oc2ccccc2)c1. The molecule has 0 saturated heterocycles. The third kappa shape index (κ3) is 3.09. The van der Waals surface area contributed by atoms with Gasteiger partial charge in [-0.15, -0.1) is 0 Å². The van der Waals surface area contributed by atoms with Crippen LogP contribution in [0.5, 0.6) is 11.5 Å². The lowest BCUT2D eigenvalue weighted by Gasteiger charge is -2.15. The second kappa shape index (κ2) is 5.67. The Balaban J connectivity index is 2.18. The standard InChI is InChI=1S/C15H17NO2/c1-11(16)15(17)12-6-5-9-14(10-12)18-13-7-3-2-4-8-13/h2-11,15,17H,16H2,1H3. The summed E-state index contributed by atoms with van der Waals surface area (Å²) in [5, 5.41) is 9.91. The highest BCUT2D eigenvalue weighted by Crippen LogP contribution is 2.25. The van der Waals surface area contributed by atoms with Gasteiger partial charge in [-0.3, -0.25) is 0 Å². The van der Waals surface area contributed by atoms with Crippen molar-refractivity contribution in [1.82, 2.24) is 0 Å². The Morgan fingerprint density at radius 1 is 1.00 bits per heavy atom. The number of para-hydroxylation sites is 1. The van der Waals surface area contributed by atoms with Crippen molar-refractivity contribution in [3.8, 4) is 11.5 Å². The van der Waals surface area contributed by atoms with Gasteiger partial charge in [-0.25, -0.2) is 0 Å². The molecule has 0 aliphatic heterocycles. The first kappa shape index (κ1) is 12.6. The van der Waals surface area contributed by atoms with Gasteiger partial charge in [-0.1, -0.05) is 30.3 Å². The van der Waals surface area contributed by atoms with Crippen molar-refractivity contribution in [1.29, 1.82) is 0 Å². The van der Waals surface area contributed by atoms with Crippen molar-refractivity contribution >= 4 is 0 Å². The molecule has 3 heteroatoms. The average molecular weight is 243 g/mol. The summed E-state index contributed by atoms with van der Waals surface area (Å²) in [5.74, 6) is 1.46. The fraction of sp³-hybridized carbons (Fsp3) is 0.200. The van der Waals surface area contributed by atoms with Crippen LogP contribution in [0.4, 0.5) is 0 Å². The predicted octanol–water partition coefficient (Wildman–Crippen LogP) is 2.86. The molecule has 0 aliphatic carbocycles. The first-order valence-corrected chi connectivity index (χ1v) is 5.93. The second-order valence-electron chi connectivity index (χ2n) is 4.29. The molecule has 2 aromatic carbocycles. The summed E-state index contributed by atoms with van der Waals surface area (Å²) < 4.78 is 5.70. The van der Waals surface area contributed by atoms with E-state index in [2.05, 4.69) is 0 Å². The summed E-state index contributed by atoms with van der Waals surface area (Å²) in [5.41, 5.74) is 6.44. The van der Waals surface area contributed by atoms with Crippen molar-refractivity contribution in [3.05, 3.63) is 60.2 Å². The molecule has 0 aliphatic rings. The highest BCUT2D eigenvalue weighted by Gasteiger charge is 2.12. The van der Waals surface area contributed by atoms with Gasteiger partial charge in [-0.05, 0) is 36.8 Å². The maximum absolute atomic E-state index is 9.91. The molecule has 0 radical (unpaired) electrons. The lowest BCUT2D eigenvalue weighted by molar-refractivity contribution is 0.153. The number of benzene rings is 2. The fourth-order valence-corrected chi connectivity index (χ4v) is 1.69. The lowest BCUT2D eigenvalue weighted by atomic mass is 10.0. The topological polar surface area (TPSA) is 55.5 Å². The van der Waals surface area contributed by atoms with Crippen LogP contribution in [0, 0.1) is 0 Å². The van der Waals surface area contributed by atoms with E-state index in [1.165, 1.54) is 0 Å². The summed E-state index contributed by atoms with van der Waals surface area (Å²) >= 11 is 0. The minimum atomic E-state index is -0.677. The second-order valence-corrected chi connectivity index (χ2v) is 4.29. The number of aliphatic hydroxyl groups is 1. The molecule has 2 rings (SSSR count). The molecule has 3 nitrogen and oxygen atoms in total. The molecule has 0 fully saturated rings. The van der Waals surface area contributed by atoms with Crippen LogP contribution >= 0.6 is 0 Å². The van der Waals surface area contributed by atoms with Gasteiger partial charge in [0, 0.05) is 6.04 Å². The van der Waals surface area contributed by atoms with Gasteiger partial charge >= 0.3 is 0 Å². The first-order chi connectivity index (χ1) is 8.66. The Bertz CT molecular complexity index is 497. The van der Waals surface area contributed by atoms with Crippen molar-refractivity contribution in [3.63, 3.8) is 0 Å². The molecular weight excluding hydrogens is 226 g/mol. The van der Waals surface area contributed by atoms with E-state index in [1.807, 2.05) is 48.5 Å². The zero-order chi connectivity index (χ0) is 13.0. The summed E-state index contributed by atoms with van der Waals surface area (Å²) in [4.78, 5) is 0. The molecule has 0 amide bonds. The number of nitrogens with two attached hydrogens (primary N) is 1. The van der Waals surface area contributed by atoms with Gasteiger partial charge in [-0.2, -0.15) is 0 Å². The van der Waals surface area contributed by atoms with Crippen LogP contribution in [-0.2, 0) is 0 Å². The van der Waals surface area contributed by atoms with Gasteiger partial charge in [0.25, 0.3) is 0 Å². The Hall–Kier alpha value is -1.84. The monoisotopic (exact) mass is 243 g/mol. The van der Waals surface area contributed by atoms with Crippen LogP contribution < -0.4 is 10.5 Å². The lowest BCUT2D eigenvalue weighted by Crippen LogP contribution is -2.24. The maximum Gasteiger partial charge on any atom is 0.127 e. The molecule has 18 heavy (non-hydrogen) atoms. The normalized spacial score (nSPS) is 13.9. The fourth-order valence-electron chi connectivity index (χ4n) is 1.69. The van der Waals surface area contributed by atoms with Gasteiger partial charge in [0.2, 0.25) is 0 Å². The van der Waals surface area contributed by atoms with E-state index in [-0.39, 0.29) is 6.04 Å². The zero-order valence-corrected chi connectivity index (χ0v) is 10.3. The molecule has 2 unspecified atom stereocenters. The largest absolute Gasteiger partial charge is 0.457 e. The van der Waals surface area contributed by atoms with Crippen molar-refractivity contribution in [2.75, 3.05) is 0 Å². The van der Waals surface area contributed by atoms with E-state index >= 15 is 0 Å². The van der Waals surface area contributed by atoms with E-state index in [0.29, 0.717) is 5.75 Å². The van der Waals surface area contributed by atoms with Crippen LogP contribution in [0.3, 0.4) is 0 Å². The summed E-state index contributed by atoms with van der Waals surface area (Å²) in [6, 6.07) is 16.6. The van der Waals surface area contributed by atoms with Crippen LogP contribution in [0.2, 0.25) is 0 Å². The maximum atomic E-state index is 9.91. The predicted molar refractivity (Wildman–Crippen MR) is 71.6 cm³/mol. The zero-order valence-electron chi connectivity index (χ0n) is 10.3. The van der Waals surface area contributed by atoms with Gasteiger partial charge in [0.1, 0.15) is 11.5 Å². The Morgan fingerprint density at radius 3 is 2.33 bits per heavy atom. The van der Waals surface area contributed by atoms with Crippen LogP contribution in [0.1, 0.15) is 18.6 Å². The Labute approximate surface area is 107 Å². The molecule has 0 saturated carbocycles. The van der Waals surface area contributed by atoms with E-state index in [9.17, 15) is 5.11 Å². The molecule has 2 aromatic rings. The first-order valence-electron chi connectivity index (χ1n) is 5.93. The van der Waals surface area contributed by atoms with Crippen LogP contribution in [0.15, 0.2) is 54.6 Å². The molecule has 0 bridgehead atoms. The average Bonchev–Trinajstić information content (AvgIpc) is 2.39. The van der Waals surface area contributed by atoms with Crippen molar-refractivity contribution < 1.29 is 9.84 Å². The number of hydrogen-bond acceptors (Lipinski definition) is 3. The van der Waals surface area contributed by atoms with Gasteiger partial charge in [0.05, 0.1) is 6.10 Å². The molecule has 2 atom stereocenters. The summed E-state index contributed by atoms with van der Waals surface area (Å²) in [6.45, 7) is 1.77. The minimum absolute atomic E-state index is 0.308. The molecular formula is C15H17NO2. The molecule has 0 aromatic heterocycles. The Kier molecular flexibility index (Phi) is 3.97. The quantitative estimate of drug-likeness (QED) is 0.868. The highest BCUT2D eigenvalue weighted by atomic mass is 16.5. The number of aliphatic hydroxyl groups excluding tert-OH is 1. The molecule has 0 heterocycles. The van der Waals surface area contributed by atoms with Crippen LogP contribution in [-0.4, -0.2) is 11.1 Å². The summed E-state index contributed by atoms with van der Waals surface area (Å²) in [7, 11) is 0. The van der Waals surface area contributed by atoms with E-state index < -0.39 is 6.10 Å². The van der Waals surface area contributed by atoms with Crippen molar-refractivity contribution in [2.45, 2.75) is 19.1 Å². The highest BCUT2D eigenvalue weighted by molar-refractivity contribution is 5.34. The van der Waals surface area contributed by atoms with Gasteiger partial charge in [0.15, 0.2) is 0 Å². The van der Waals surface area contributed by atoms with E-state index in [0.717, 1.165) is 11.3 Å². The van der Waals surface area contributed by atoms with Crippen molar-refractivity contribution in [2.24, 2.45) is 5.73 Å². The van der Waals surface area contributed by atoms with Crippen LogP contribution in [0.25, 0.3) is 0 Å². The van der Waals surface area contributed by atoms with E-state index in [4.69, 9.17) is 10.5 Å². The van der Waals surface area contributed by atoms with E-state index in [1.54, 1.807) is 13.0 Å². The van der Waals surface area contributed by atoms with Gasteiger partial charge < -0.3 is 15.6 Å². The number of rotatable bonds is 4. The smallest absolute Gasteiger partial charge is 0.127 e. The molecule has 94 valence electrons. The number of hydrogen-bond donors (Lipinski definition) is 2. The Morgan fingerprint density at radius 2 is 1.67 bits per heavy atom. The third-order valence-corrected chi connectivity index (χ3v) is 2.68. The number of ether oxygens (including phenoxy) is 1. The summed E-state index contributed by atoms with van der Waals surface area (Å²) in [6.07, 6.45) is -0.677. The minimum Gasteiger partial charge on any atom is -0.457 e.